The molecule has 1 amide bonds. The minimum Gasteiger partial charge on any atom is -0.505 e. The zero-order valence-corrected chi connectivity index (χ0v) is 24.4. The van der Waals surface area contributed by atoms with Crippen molar-refractivity contribution < 1.29 is 19.4 Å². The molecule has 4 heterocycles. The minimum absolute atomic E-state index is 0.0199. The van der Waals surface area contributed by atoms with Gasteiger partial charge in [-0.3, -0.25) is 14.5 Å². The number of carbonyl (C=O) groups excluding carboxylic acids is 2. The number of aliphatic hydroxyl groups excluding tert-OH is 1. The van der Waals surface area contributed by atoms with Crippen molar-refractivity contribution in [3.8, 4) is 5.75 Å². The van der Waals surface area contributed by atoms with Crippen molar-refractivity contribution in [3.05, 3.63) is 93.9 Å². The van der Waals surface area contributed by atoms with Gasteiger partial charge in [0.05, 0.1) is 34.1 Å². The number of nitrogens with zero attached hydrogens (tertiary/aromatic N) is 4. The molecule has 2 aromatic carbocycles. The number of carbonyl (C=O) groups is 2. The highest BCUT2D eigenvalue weighted by molar-refractivity contribution is 7.22. The number of Topliss-reactive ketones (excluding diaryl/α,β-unsaturated/α-hetero) is 1. The van der Waals surface area contributed by atoms with Crippen LogP contribution < -0.4 is 9.64 Å². The van der Waals surface area contributed by atoms with Crippen molar-refractivity contribution in [1.82, 2.24) is 14.4 Å². The van der Waals surface area contributed by atoms with Gasteiger partial charge in [-0.25, -0.2) is 9.97 Å². The summed E-state index contributed by atoms with van der Waals surface area (Å²) in [4.78, 5) is 38.4. The molecule has 1 aliphatic rings. The van der Waals surface area contributed by atoms with E-state index in [4.69, 9.17) is 9.72 Å². The van der Waals surface area contributed by atoms with Gasteiger partial charge in [-0.15, -0.1) is 0 Å². The molecule has 0 aliphatic carbocycles. The summed E-state index contributed by atoms with van der Waals surface area (Å²) in [5.41, 5.74) is 6.02. The summed E-state index contributed by atoms with van der Waals surface area (Å²) in [6.07, 6.45) is 2.73. The smallest absolute Gasteiger partial charge is 0.301 e. The van der Waals surface area contributed by atoms with Crippen molar-refractivity contribution in [2.45, 2.75) is 47.1 Å². The summed E-state index contributed by atoms with van der Waals surface area (Å²) in [5.74, 6) is -1.14. The number of pyridine rings is 1. The van der Waals surface area contributed by atoms with Crippen LogP contribution in [0.5, 0.6) is 5.75 Å². The molecule has 1 unspecified atom stereocenters. The SMILES string of the molecule is CCCOc1ccc(C2/C(=C(\O)c3nc4c(C)cccn4c3C)C(=O)C(=O)N2c2nc3c(C)cc(C)cc3s2)cc1. The van der Waals surface area contributed by atoms with Gasteiger partial charge in [0, 0.05) is 6.20 Å². The second-order valence-corrected chi connectivity index (χ2v) is 11.5. The van der Waals surface area contributed by atoms with Crippen LogP contribution in [0.15, 0.2) is 60.3 Å². The van der Waals surface area contributed by atoms with Gasteiger partial charge in [-0.2, -0.15) is 0 Å². The Hall–Kier alpha value is -4.50. The lowest BCUT2D eigenvalue weighted by molar-refractivity contribution is -0.132. The van der Waals surface area contributed by atoms with Gasteiger partial charge < -0.3 is 14.2 Å². The number of benzene rings is 2. The Morgan fingerprint density at radius 2 is 1.78 bits per heavy atom. The van der Waals surface area contributed by atoms with Crippen molar-refractivity contribution in [2.24, 2.45) is 0 Å². The van der Waals surface area contributed by atoms with E-state index >= 15 is 0 Å². The molecule has 1 saturated heterocycles. The predicted octanol–water partition coefficient (Wildman–Crippen LogP) is 6.59. The van der Waals surface area contributed by atoms with Gasteiger partial charge in [0.15, 0.2) is 10.9 Å². The van der Waals surface area contributed by atoms with E-state index in [9.17, 15) is 14.7 Å². The average Bonchev–Trinajstić information content (AvgIpc) is 3.60. The van der Waals surface area contributed by atoms with E-state index in [2.05, 4.69) is 4.98 Å². The predicted molar refractivity (Wildman–Crippen MR) is 161 cm³/mol. The Morgan fingerprint density at radius 3 is 2.49 bits per heavy atom. The van der Waals surface area contributed by atoms with Crippen molar-refractivity contribution in [2.75, 3.05) is 11.5 Å². The summed E-state index contributed by atoms with van der Waals surface area (Å²) < 4.78 is 8.56. The van der Waals surface area contributed by atoms with E-state index in [0.29, 0.717) is 34.4 Å². The molecule has 5 aromatic rings. The van der Waals surface area contributed by atoms with E-state index in [1.54, 1.807) is 0 Å². The number of aliphatic hydroxyl groups is 1. The van der Waals surface area contributed by atoms with Crippen molar-refractivity contribution >= 4 is 49.8 Å². The zero-order chi connectivity index (χ0) is 29.0. The molecule has 1 aliphatic heterocycles. The van der Waals surface area contributed by atoms with Crippen LogP contribution in [0.4, 0.5) is 5.13 Å². The molecule has 1 N–H and O–H groups in total. The van der Waals surface area contributed by atoms with Crippen LogP contribution in [-0.2, 0) is 9.59 Å². The number of ketones is 1. The average molecular weight is 567 g/mol. The largest absolute Gasteiger partial charge is 0.505 e. The number of imidazole rings is 1. The Balaban J connectivity index is 1.56. The van der Waals surface area contributed by atoms with Crippen LogP contribution in [0.25, 0.3) is 21.6 Å². The fourth-order valence-electron chi connectivity index (χ4n) is 5.45. The molecule has 6 rings (SSSR count). The standard InChI is InChI=1S/C32H30N4O4S/c1-6-14-40-22-11-9-21(10-12-22)27-24(28(37)26-20(5)35-13-7-8-18(3)30(35)33-26)29(38)31(39)36(27)32-34-25-19(4)15-17(2)16-23(25)41-32/h7-13,15-16,27,37H,6,14H2,1-5H3/b28-24+. The highest BCUT2D eigenvalue weighted by Crippen LogP contribution is 2.45. The number of ether oxygens (including phenoxy) is 1. The maximum atomic E-state index is 13.7. The molecular weight excluding hydrogens is 536 g/mol. The number of anilines is 1. The Morgan fingerprint density at radius 1 is 1.02 bits per heavy atom. The van der Waals surface area contributed by atoms with Crippen LogP contribution >= 0.6 is 11.3 Å². The van der Waals surface area contributed by atoms with E-state index in [0.717, 1.165) is 33.3 Å². The number of amides is 1. The Labute approximate surface area is 241 Å². The fraction of sp³-hybridized carbons (Fsp3) is 0.250. The summed E-state index contributed by atoms with van der Waals surface area (Å²) in [5, 5.41) is 12.1. The maximum absolute atomic E-state index is 13.7. The first-order valence-electron chi connectivity index (χ1n) is 13.6. The third kappa shape index (κ3) is 4.37. The molecule has 0 bridgehead atoms. The van der Waals surface area contributed by atoms with E-state index < -0.39 is 17.7 Å². The Kier molecular flexibility index (Phi) is 6.62. The molecule has 41 heavy (non-hydrogen) atoms. The van der Waals surface area contributed by atoms with Gasteiger partial charge in [0.25, 0.3) is 5.78 Å². The van der Waals surface area contributed by atoms with Crippen LogP contribution in [0, 0.1) is 27.7 Å². The first-order chi connectivity index (χ1) is 19.7. The molecule has 8 nitrogen and oxygen atoms in total. The zero-order valence-electron chi connectivity index (χ0n) is 23.6. The highest BCUT2D eigenvalue weighted by Gasteiger charge is 2.48. The summed E-state index contributed by atoms with van der Waals surface area (Å²) in [6.45, 7) is 10.4. The summed E-state index contributed by atoms with van der Waals surface area (Å²) in [6, 6.07) is 14.3. The molecule has 0 radical (unpaired) electrons. The second kappa shape index (κ2) is 10.2. The fourth-order valence-corrected chi connectivity index (χ4v) is 6.62. The quantitative estimate of drug-likeness (QED) is 0.141. The third-order valence-corrected chi connectivity index (χ3v) is 8.45. The van der Waals surface area contributed by atoms with Crippen molar-refractivity contribution in [1.29, 1.82) is 0 Å². The molecular formula is C32H30N4O4S. The van der Waals surface area contributed by atoms with E-state index in [-0.39, 0.29) is 17.0 Å². The van der Waals surface area contributed by atoms with E-state index in [1.165, 1.54) is 16.2 Å². The lowest BCUT2D eigenvalue weighted by Crippen LogP contribution is -2.29. The minimum atomic E-state index is -0.900. The first-order valence-corrected chi connectivity index (χ1v) is 14.4. The van der Waals surface area contributed by atoms with Crippen LogP contribution in [-0.4, -0.2) is 37.8 Å². The lowest BCUT2D eigenvalue weighted by Gasteiger charge is -2.23. The second-order valence-electron chi connectivity index (χ2n) is 10.4. The number of hydrogen-bond donors (Lipinski definition) is 1. The van der Waals surface area contributed by atoms with Crippen LogP contribution in [0.3, 0.4) is 0 Å². The summed E-state index contributed by atoms with van der Waals surface area (Å²) >= 11 is 1.35. The van der Waals surface area contributed by atoms with Gasteiger partial charge >= 0.3 is 5.91 Å². The number of rotatable bonds is 6. The molecule has 1 fully saturated rings. The summed E-state index contributed by atoms with van der Waals surface area (Å²) in [7, 11) is 0. The third-order valence-electron chi connectivity index (χ3n) is 7.45. The highest BCUT2D eigenvalue weighted by atomic mass is 32.1. The number of fused-ring (bicyclic) bond motifs is 2. The monoisotopic (exact) mass is 566 g/mol. The van der Waals surface area contributed by atoms with Crippen LogP contribution in [0.2, 0.25) is 0 Å². The molecule has 0 spiro atoms. The van der Waals surface area contributed by atoms with E-state index in [1.807, 2.05) is 93.7 Å². The van der Waals surface area contributed by atoms with Crippen LogP contribution in [0.1, 0.15) is 53.0 Å². The van der Waals surface area contributed by atoms with Gasteiger partial charge in [0.2, 0.25) is 0 Å². The molecule has 0 saturated carbocycles. The number of aromatic nitrogens is 3. The normalized spacial score (nSPS) is 16.8. The molecule has 208 valence electrons. The van der Waals surface area contributed by atoms with Crippen molar-refractivity contribution in [3.63, 3.8) is 0 Å². The molecule has 1 atom stereocenters. The van der Waals surface area contributed by atoms with Gasteiger partial charge in [0.1, 0.15) is 17.1 Å². The molecule has 3 aromatic heterocycles. The lowest BCUT2D eigenvalue weighted by atomic mass is 9.96. The van der Waals surface area contributed by atoms with Gasteiger partial charge in [-0.05, 0) is 80.6 Å². The Bertz CT molecular complexity index is 1880. The number of aryl methyl sites for hydroxylation is 4. The number of hydrogen-bond acceptors (Lipinski definition) is 7. The molecule has 9 heteroatoms. The topological polar surface area (TPSA) is 97.0 Å². The maximum Gasteiger partial charge on any atom is 0.301 e. The first kappa shape index (κ1) is 26.7. The number of thiazole rings is 1. The van der Waals surface area contributed by atoms with Gasteiger partial charge in [-0.1, -0.05) is 42.5 Å².